The minimum atomic E-state index is -0.0704. The van der Waals surface area contributed by atoms with Gasteiger partial charge in [-0.2, -0.15) is 0 Å². The zero-order valence-electron chi connectivity index (χ0n) is 9.43. The molecule has 2 aromatic carbocycles. The van der Waals surface area contributed by atoms with Gasteiger partial charge in [-0.15, -0.1) is 0 Å². The van der Waals surface area contributed by atoms with Gasteiger partial charge in [-0.25, -0.2) is 0 Å². The molecule has 1 aliphatic heterocycles. The van der Waals surface area contributed by atoms with Crippen LogP contribution in [0.25, 0.3) is 0 Å². The zero-order chi connectivity index (χ0) is 12.7. The number of hydrogen-bond donors (Lipinski definition) is 1. The monoisotopic (exact) mass is 303 g/mol. The van der Waals surface area contributed by atoms with Gasteiger partial charge in [0, 0.05) is 10.0 Å². The van der Waals surface area contributed by atoms with E-state index < -0.39 is 0 Å². The largest absolute Gasteiger partial charge is 0.506 e. The molecule has 0 spiro atoms. The van der Waals surface area contributed by atoms with Gasteiger partial charge in [-0.3, -0.25) is 4.79 Å². The summed E-state index contributed by atoms with van der Waals surface area (Å²) in [4.78, 5) is 13.8. The lowest BCUT2D eigenvalue weighted by atomic mass is 10.1. The topological polar surface area (TPSA) is 40.5 Å². The van der Waals surface area contributed by atoms with Crippen LogP contribution in [0.2, 0.25) is 0 Å². The summed E-state index contributed by atoms with van der Waals surface area (Å²) < 4.78 is 0.952. The fourth-order valence-corrected chi connectivity index (χ4v) is 2.58. The van der Waals surface area contributed by atoms with Gasteiger partial charge in [0.05, 0.1) is 12.2 Å². The molecule has 1 amide bonds. The quantitative estimate of drug-likeness (QED) is 0.878. The highest BCUT2D eigenvalue weighted by Crippen LogP contribution is 2.34. The van der Waals surface area contributed by atoms with E-state index in [0.717, 1.165) is 10.0 Å². The molecule has 3 nitrogen and oxygen atoms in total. The molecule has 1 N–H and O–H groups in total. The van der Waals surface area contributed by atoms with E-state index in [1.54, 1.807) is 29.2 Å². The van der Waals surface area contributed by atoms with Crippen molar-refractivity contribution >= 4 is 27.5 Å². The number of para-hydroxylation sites is 2. The van der Waals surface area contributed by atoms with E-state index in [1.165, 1.54) is 0 Å². The van der Waals surface area contributed by atoms with Gasteiger partial charge in [0.2, 0.25) is 0 Å². The summed E-state index contributed by atoms with van der Waals surface area (Å²) in [7, 11) is 0. The van der Waals surface area contributed by atoms with Crippen LogP contribution < -0.4 is 4.90 Å². The summed E-state index contributed by atoms with van der Waals surface area (Å²) in [5, 5.41) is 9.82. The zero-order valence-corrected chi connectivity index (χ0v) is 11.0. The number of anilines is 1. The Hall–Kier alpha value is -1.81. The maximum Gasteiger partial charge on any atom is 0.259 e. The fraction of sp³-hybridized carbons (Fsp3) is 0.0714. The second-order valence-corrected chi connectivity index (χ2v) is 5.10. The SMILES string of the molecule is O=C1c2ccc(Br)cc2CN1c1ccccc1O. The number of carbonyl (C=O) groups excluding carboxylic acids is 1. The average Bonchev–Trinajstić information content (AvgIpc) is 2.67. The molecule has 1 aliphatic rings. The van der Waals surface area contributed by atoms with Crippen LogP contribution in [0.1, 0.15) is 15.9 Å². The lowest BCUT2D eigenvalue weighted by molar-refractivity contribution is 0.0996. The van der Waals surface area contributed by atoms with Gasteiger partial charge in [0.1, 0.15) is 5.75 Å². The van der Waals surface area contributed by atoms with Gasteiger partial charge >= 0.3 is 0 Å². The number of phenolic OH excluding ortho intramolecular Hbond substituents is 1. The van der Waals surface area contributed by atoms with E-state index in [4.69, 9.17) is 0 Å². The second-order valence-electron chi connectivity index (χ2n) is 4.18. The molecule has 2 aromatic rings. The van der Waals surface area contributed by atoms with Gasteiger partial charge in [0.25, 0.3) is 5.91 Å². The summed E-state index contributed by atoms with van der Waals surface area (Å²) in [5.41, 5.74) is 2.22. The van der Waals surface area contributed by atoms with Crippen LogP contribution in [0, 0.1) is 0 Å². The summed E-state index contributed by atoms with van der Waals surface area (Å²) in [5.74, 6) is 0.0525. The Kier molecular flexibility index (Phi) is 2.59. The molecule has 0 atom stereocenters. The third-order valence-electron chi connectivity index (χ3n) is 3.04. The fourth-order valence-electron chi connectivity index (χ4n) is 2.18. The van der Waals surface area contributed by atoms with Crippen molar-refractivity contribution < 1.29 is 9.90 Å². The van der Waals surface area contributed by atoms with E-state index in [2.05, 4.69) is 15.9 Å². The smallest absolute Gasteiger partial charge is 0.259 e. The number of fused-ring (bicyclic) bond motifs is 1. The van der Waals surface area contributed by atoms with Gasteiger partial charge in [-0.05, 0) is 35.9 Å². The molecule has 0 saturated carbocycles. The molecular weight excluding hydrogens is 294 g/mol. The van der Waals surface area contributed by atoms with E-state index in [9.17, 15) is 9.90 Å². The van der Waals surface area contributed by atoms with Crippen molar-refractivity contribution in [3.05, 3.63) is 58.1 Å². The number of aromatic hydroxyl groups is 1. The van der Waals surface area contributed by atoms with Crippen molar-refractivity contribution in [2.75, 3.05) is 4.90 Å². The van der Waals surface area contributed by atoms with E-state index in [1.807, 2.05) is 18.2 Å². The number of carbonyl (C=O) groups is 1. The third-order valence-corrected chi connectivity index (χ3v) is 3.54. The molecule has 0 radical (unpaired) electrons. The number of phenols is 1. The van der Waals surface area contributed by atoms with Crippen LogP contribution in [0.3, 0.4) is 0 Å². The lowest BCUT2D eigenvalue weighted by Gasteiger charge is -2.16. The minimum absolute atomic E-state index is 0.0704. The van der Waals surface area contributed by atoms with Crippen LogP contribution in [0.4, 0.5) is 5.69 Å². The van der Waals surface area contributed by atoms with Crippen molar-refractivity contribution in [2.45, 2.75) is 6.54 Å². The maximum absolute atomic E-state index is 12.3. The highest BCUT2D eigenvalue weighted by Gasteiger charge is 2.29. The van der Waals surface area contributed by atoms with Crippen molar-refractivity contribution in [3.8, 4) is 5.75 Å². The van der Waals surface area contributed by atoms with E-state index in [0.29, 0.717) is 17.8 Å². The predicted octanol–water partition coefficient (Wildman–Crippen LogP) is 3.32. The normalized spacial score (nSPS) is 13.8. The van der Waals surface area contributed by atoms with Crippen molar-refractivity contribution in [1.82, 2.24) is 0 Å². The Labute approximate surface area is 113 Å². The van der Waals surface area contributed by atoms with Crippen LogP contribution >= 0.6 is 15.9 Å². The molecule has 1 heterocycles. The number of halogens is 1. The molecule has 3 rings (SSSR count). The number of benzene rings is 2. The summed E-state index contributed by atoms with van der Waals surface area (Å²) >= 11 is 3.40. The molecule has 90 valence electrons. The van der Waals surface area contributed by atoms with Crippen LogP contribution in [0.5, 0.6) is 5.75 Å². The van der Waals surface area contributed by atoms with Crippen molar-refractivity contribution in [3.63, 3.8) is 0 Å². The molecule has 0 fully saturated rings. The molecule has 0 unspecified atom stereocenters. The van der Waals surface area contributed by atoms with Crippen LogP contribution in [0.15, 0.2) is 46.9 Å². The van der Waals surface area contributed by atoms with Gasteiger partial charge in [-0.1, -0.05) is 28.1 Å². The molecule has 4 heteroatoms. The molecule has 18 heavy (non-hydrogen) atoms. The Bertz CT molecular complexity index is 639. The highest BCUT2D eigenvalue weighted by molar-refractivity contribution is 9.10. The summed E-state index contributed by atoms with van der Waals surface area (Å²) in [6.45, 7) is 0.491. The van der Waals surface area contributed by atoms with E-state index in [-0.39, 0.29) is 11.7 Å². The third kappa shape index (κ3) is 1.69. The Morgan fingerprint density at radius 1 is 1.17 bits per heavy atom. The Morgan fingerprint density at radius 2 is 1.94 bits per heavy atom. The maximum atomic E-state index is 12.3. The number of rotatable bonds is 1. The number of hydrogen-bond acceptors (Lipinski definition) is 2. The predicted molar refractivity (Wildman–Crippen MR) is 72.8 cm³/mol. The molecular formula is C14H10BrNO2. The summed E-state index contributed by atoms with van der Waals surface area (Å²) in [6, 6.07) is 12.5. The number of nitrogens with zero attached hydrogens (tertiary/aromatic N) is 1. The standard InChI is InChI=1S/C14H10BrNO2/c15-10-5-6-11-9(7-10)8-16(14(11)18)12-3-1-2-4-13(12)17/h1-7,17H,8H2. The van der Waals surface area contributed by atoms with E-state index >= 15 is 0 Å². The summed E-state index contributed by atoms with van der Waals surface area (Å²) in [6.07, 6.45) is 0. The van der Waals surface area contributed by atoms with Gasteiger partial charge < -0.3 is 10.0 Å². The molecule has 0 saturated heterocycles. The second kappa shape index (κ2) is 4.14. The van der Waals surface area contributed by atoms with Gasteiger partial charge in [0.15, 0.2) is 0 Å². The Morgan fingerprint density at radius 3 is 2.72 bits per heavy atom. The molecule has 0 aliphatic carbocycles. The first-order valence-electron chi connectivity index (χ1n) is 5.55. The molecule has 0 bridgehead atoms. The first-order valence-corrected chi connectivity index (χ1v) is 6.34. The first-order chi connectivity index (χ1) is 8.66. The van der Waals surface area contributed by atoms with Crippen molar-refractivity contribution in [1.29, 1.82) is 0 Å². The molecule has 0 aromatic heterocycles. The van der Waals surface area contributed by atoms with Crippen LogP contribution in [-0.2, 0) is 6.54 Å². The Balaban J connectivity index is 2.05. The minimum Gasteiger partial charge on any atom is -0.506 e. The highest BCUT2D eigenvalue weighted by atomic mass is 79.9. The van der Waals surface area contributed by atoms with Crippen molar-refractivity contribution in [2.24, 2.45) is 0 Å². The van der Waals surface area contributed by atoms with Crippen LogP contribution in [-0.4, -0.2) is 11.0 Å². The lowest BCUT2D eigenvalue weighted by Crippen LogP contribution is -2.22. The first kappa shape index (κ1) is 11.3. The average molecular weight is 304 g/mol. The number of amides is 1.